The quantitative estimate of drug-likeness (QED) is 0.590. The van der Waals surface area contributed by atoms with Crippen molar-refractivity contribution in [3.05, 3.63) is 24.3 Å². The Balaban J connectivity index is 2.95. The molecule has 3 N–H and O–H groups in total. The van der Waals surface area contributed by atoms with Crippen LogP contribution in [0.25, 0.3) is 0 Å². The van der Waals surface area contributed by atoms with Gasteiger partial charge in [0.1, 0.15) is 0 Å². The van der Waals surface area contributed by atoms with Crippen LogP contribution >= 0.6 is 0 Å². The Morgan fingerprint density at radius 1 is 1.43 bits per heavy atom. The summed E-state index contributed by atoms with van der Waals surface area (Å²) in [5.41, 5.74) is 0.282. The minimum absolute atomic E-state index is 0.224. The second-order valence-electron chi connectivity index (χ2n) is 2.50. The Morgan fingerprint density at radius 3 is 2.64 bits per heavy atom. The summed E-state index contributed by atoms with van der Waals surface area (Å²) in [4.78, 5) is 10.8. The number of aliphatic hydroxyl groups is 1. The first-order valence-electron chi connectivity index (χ1n) is 3.81. The number of anilines is 1. The van der Waals surface area contributed by atoms with E-state index in [1.54, 1.807) is 12.1 Å². The van der Waals surface area contributed by atoms with Crippen molar-refractivity contribution in [1.82, 2.24) is 0 Å². The van der Waals surface area contributed by atoms with Gasteiger partial charge in [-0.05, 0) is 0 Å². The molecule has 1 amide bonds. The maximum atomic E-state index is 10.9. The van der Waals surface area contributed by atoms with Gasteiger partial charge < -0.3 is 0 Å². The number of nitrogens with one attached hydrogen (secondary N) is 1. The average Bonchev–Trinajstić information content (AvgIpc) is 2.18. The van der Waals surface area contributed by atoms with Crippen LogP contribution in [0.5, 0.6) is 0 Å². The molecule has 6 heteroatoms. The Labute approximate surface area is 85.2 Å². The molecule has 0 fully saturated rings. The predicted molar refractivity (Wildman–Crippen MR) is 50.5 cm³/mol. The summed E-state index contributed by atoms with van der Waals surface area (Å²) in [6, 6.07) is 6.23. The first-order chi connectivity index (χ1) is 6.65. The summed E-state index contributed by atoms with van der Waals surface area (Å²) in [7, 11) is 0. The van der Waals surface area contributed by atoms with E-state index < -0.39 is 27.4 Å². The number of hydrogen-bond acceptors (Lipinski definition) is 3. The first kappa shape index (κ1) is 11.0. The third kappa shape index (κ3) is 2.73. The zero-order chi connectivity index (χ0) is 10.6. The van der Waals surface area contributed by atoms with Crippen LogP contribution in [0.3, 0.4) is 0 Å². The number of benzene rings is 1. The van der Waals surface area contributed by atoms with Gasteiger partial charge in [-0.2, -0.15) is 0 Å². The van der Waals surface area contributed by atoms with E-state index in [0.717, 1.165) is 0 Å². The van der Waals surface area contributed by atoms with E-state index in [-0.39, 0.29) is 10.0 Å². The van der Waals surface area contributed by atoms with E-state index in [1.807, 2.05) is 0 Å². The van der Waals surface area contributed by atoms with Crippen LogP contribution in [0, 0.1) is 0 Å². The molecule has 0 heterocycles. The molecule has 0 aliphatic rings. The van der Waals surface area contributed by atoms with Crippen LogP contribution in [-0.2, 0) is 8.53 Å². The molecule has 75 valence electrons. The van der Waals surface area contributed by atoms with Crippen molar-refractivity contribution in [2.24, 2.45) is 0 Å². The van der Waals surface area contributed by atoms with Gasteiger partial charge in [-0.1, -0.05) is 0 Å². The molecule has 1 radical (unpaired) electrons. The van der Waals surface area contributed by atoms with Crippen molar-refractivity contribution in [3.63, 3.8) is 0 Å². The fraction of sp³-hybridized carbons (Fsp3) is 0.125. The average molecular weight is 258 g/mol. The van der Waals surface area contributed by atoms with Crippen molar-refractivity contribution in [2.45, 2.75) is 0 Å². The fourth-order valence-electron chi connectivity index (χ4n) is 0.936. The molecule has 1 aromatic carbocycles. The van der Waals surface area contributed by atoms with E-state index in [4.69, 9.17) is 9.20 Å². The molecule has 14 heavy (non-hydrogen) atoms. The molecule has 1 aromatic rings. The van der Waals surface area contributed by atoms with E-state index in [2.05, 4.69) is 5.32 Å². The van der Waals surface area contributed by atoms with Crippen molar-refractivity contribution in [3.8, 4) is 0 Å². The van der Waals surface area contributed by atoms with Crippen LogP contribution in [0.2, 0.25) is 0 Å². The van der Waals surface area contributed by atoms with E-state index >= 15 is 0 Å². The normalized spacial score (nSPS) is 10.9. The molecule has 0 spiro atoms. The second kappa shape index (κ2) is 5.00. The monoisotopic (exact) mass is 258 g/mol. The maximum absolute atomic E-state index is 10.9. The van der Waals surface area contributed by atoms with Crippen molar-refractivity contribution < 1.29 is 17.7 Å². The Bertz CT molecular complexity index is 366. The predicted octanol–water partition coefficient (Wildman–Crippen LogP) is -1.26. The number of rotatable bonds is 3. The summed E-state index contributed by atoms with van der Waals surface area (Å²) in [6.07, 6.45) is 0. The number of para-hydroxylation sites is 1. The van der Waals surface area contributed by atoms with E-state index in [0.29, 0.717) is 0 Å². The Hall–Kier alpha value is -1.03. The van der Waals surface area contributed by atoms with Crippen LogP contribution in [0.1, 0.15) is 0 Å². The molecule has 1 unspecified atom stereocenters. The zero-order valence-electron chi connectivity index (χ0n) is 7.17. The molecule has 0 bridgehead atoms. The molecule has 5 nitrogen and oxygen atoms in total. The number of amides is 1. The van der Waals surface area contributed by atoms with Gasteiger partial charge in [0.05, 0.1) is 0 Å². The minimum atomic E-state index is -3.25. The first-order valence-corrected chi connectivity index (χ1v) is 6.35. The second-order valence-corrected chi connectivity index (χ2v) is 4.65. The molecular formula is C8H9AsNO4. The molecule has 0 aromatic heterocycles. The molecule has 0 aliphatic heterocycles. The summed E-state index contributed by atoms with van der Waals surface area (Å²) >= 11 is -3.25. The summed E-state index contributed by atoms with van der Waals surface area (Å²) in [5.74, 6) is -0.603. The third-order valence-electron chi connectivity index (χ3n) is 1.53. The van der Waals surface area contributed by atoms with Gasteiger partial charge in [-0.3, -0.25) is 0 Å². The van der Waals surface area contributed by atoms with Crippen molar-refractivity contribution in [2.75, 3.05) is 11.9 Å². The Morgan fingerprint density at radius 2 is 2.07 bits per heavy atom. The summed E-state index contributed by atoms with van der Waals surface area (Å²) in [5, 5.41) is 10.8. The van der Waals surface area contributed by atoms with Gasteiger partial charge in [0.2, 0.25) is 0 Å². The molecule has 1 atom stereocenters. The van der Waals surface area contributed by atoms with Crippen LogP contribution < -0.4 is 9.67 Å². The third-order valence-corrected chi connectivity index (χ3v) is 3.21. The fourth-order valence-corrected chi connectivity index (χ4v) is 2.09. The molecule has 0 saturated heterocycles. The van der Waals surface area contributed by atoms with Gasteiger partial charge in [-0.15, -0.1) is 0 Å². The molecule has 0 saturated carbocycles. The van der Waals surface area contributed by atoms with Gasteiger partial charge in [-0.25, -0.2) is 0 Å². The molecule has 0 aliphatic carbocycles. The van der Waals surface area contributed by atoms with E-state index in [1.165, 1.54) is 12.1 Å². The van der Waals surface area contributed by atoms with Crippen LogP contribution in [0.15, 0.2) is 24.3 Å². The summed E-state index contributed by atoms with van der Waals surface area (Å²) in [6.45, 7) is -0.647. The van der Waals surface area contributed by atoms with E-state index in [9.17, 15) is 8.53 Å². The van der Waals surface area contributed by atoms with Crippen LogP contribution in [0.4, 0.5) is 5.69 Å². The van der Waals surface area contributed by atoms with Gasteiger partial charge >= 0.3 is 84.8 Å². The number of carbonyl (C=O) groups excluding carboxylic acids is 1. The standard InChI is InChI=1S/C8H9AsNO4/c11-5-8(12)10-7-4-2-1-3-6(7)9(13)14/h1-4,11H,5H2,(H,10,12)(H,13,14). The van der Waals surface area contributed by atoms with Gasteiger partial charge in [0.25, 0.3) is 0 Å². The van der Waals surface area contributed by atoms with Crippen LogP contribution in [-0.4, -0.2) is 36.6 Å². The van der Waals surface area contributed by atoms with Crippen molar-refractivity contribution in [1.29, 1.82) is 0 Å². The number of aliphatic hydroxyl groups excluding tert-OH is 1. The number of hydrogen-bond donors (Lipinski definition) is 3. The molecule has 1 rings (SSSR count). The zero-order valence-corrected chi connectivity index (χ0v) is 9.05. The SMILES string of the molecule is O=C(CO)Nc1ccccc1[As](=O)O. The van der Waals surface area contributed by atoms with Gasteiger partial charge in [0.15, 0.2) is 0 Å². The number of carbonyl (C=O) groups is 1. The molecular weight excluding hydrogens is 249 g/mol. The van der Waals surface area contributed by atoms with Gasteiger partial charge in [0, 0.05) is 0 Å². The Kier molecular flexibility index (Phi) is 3.95. The topological polar surface area (TPSA) is 86.6 Å². The van der Waals surface area contributed by atoms with Crippen molar-refractivity contribution >= 4 is 30.9 Å². The summed E-state index contributed by atoms with van der Waals surface area (Å²) < 4.78 is 20.1.